The molecule has 1 aromatic carbocycles. The van der Waals surface area contributed by atoms with Gasteiger partial charge in [-0.2, -0.15) is 0 Å². The summed E-state index contributed by atoms with van der Waals surface area (Å²) in [7, 11) is 0. The van der Waals surface area contributed by atoms with Crippen molar-refractivity contribution in [3.8, 4) is 0 Å². The maximum absolute atomic E-state index is 5.69. The molecule has 0 unspecified atom stereocenters. The van der Waals surface area contributed by atoms with Gasteiger partial charge in [-0.05, 0) is 29.7 Å². The Morgan fingerprint density at radius 3 is 2.36 bits per heavy atom. The van der Waals surface area contributed by atoms with Gasteiger partial charge in [-0.15, -0.1) is 0 Å². The second-order valence-electron chi connectivity index (χ2n) is 1.83. The standard InChI is InChI=1S/C8H6Cl2S/c9-5-6-11-8-3-1-7(10)2-4-8/h1-6H/b6-5+. The molecule has 0 fully saturated rings. The fourth-order valence-electron chi connectivity index (χ4n) is 0.617. The second kappa shape index (κ2) is 4.70. The highest BCUT2D eigenvalue weighted by Crippen LogP contribution is 2.21. The monoisotopic (exact) mass is 204 g/mol. The Bertz CT molecular complexity index is 241. The molecule has 0 heterocycles. The number of hydrogen-bond acceptors (Lipinski definition) is 1. The molecule has 0 saturated carbocycles. The zero-order chi connectivity index (χ0) is 8.10. The van der Waals surface area contributed by atoms with Gasteiger partial charge in [-0.3, -0.25) is 0 Å². The van der Waals surface area contributed by atoms with Crippen LogP contribution in [0.3, 0.4) is 0 Å². The fourth-order valence-corrected chi connectivity index (χ4v) is 1.40. The first-order valence-electron chi connectivity index (χ1n) is 3.00. The molecule has 1 aromatic rings. The van der Waals surface area contributed by atoms with Gasteiger partial charge in [0.15, 0.2) is 0 Å². The van der Waals surface area contributed by atoms with Crippen LogP contribution in [0.4, 0.5) is 0 Å². The topological polar surface area (TPSA) is 0 Å². The van der Waals surface area contributed by atoms with Gasteiger partial charge in [0.1, 0.15) is 0 Å². The highest BCUT2D eigenvalue weighted by atomic mass is 35.5. The van der Waals surface area contributed by atoms with Crippen molar-refractivity contribution in [3.05, 3.63) is 40.2 Å². The van der Waals surface area contributed by atoms with E-state index in [9.17, 15) is 0 Å². The molecule has 0 aliphatic rings. The van der Waals surface area contributed by atoms with E-state index in [1.807, 2.05) is 29.7 Å². The summed E-state index contributed by atoms with van der Waals surface area (Å²) in [4.78, 5) is 1.13. The van der Waals surface area contributed by atoms with Gasteiger partial charge < -0.3 is 0 Å². The van der Waals surface area contributed by atoms with Crippen LogP contribution in [0.15, 0.2) is 40.1 Å². The number of rotatable bonds is 2. The first-order chi connectivity index (χ1) is 5.33. The zero-order valence-corrected chi connectivity index (χ0v) is 7.96. The van der Waals surface area contributed by atoms with Crippen LogP contribution in [0.1, 0.15) is 0 Å². The lowest BCUT2D eigenvalue weighted by Gasteiger charge is -1.93. The van der Waals surface area contributed by atoms with E-state index >= 15 is 0 Å². The average Bonchev–Trinajstić information content (AvgIpc) is 2.04. The van der Waals surface area contributed by atoms with E-state index in [0.717, 1.165) is 9.92 Å². The molecular weight excluding hydrogens is 199 g/mol. The maximum Gasteiger partial charge on any atom is 0.0406 e. The smallest absolute Gasteiger partial charge is 0.0406 e. The van der Waals surface area contributed by atoms with Crippen molar-refractivity contribution >= 4 is 35.0 Å². The predicted molar refractivity (Wildman–Crippen MR) is 52.3 cm³/mol. The molecule has 58 valence electrons. The summed E-state index contributed by atoms with van der Waals surface area (Å²) >= 11 is 12.6. The van der Waals surface area contributed by atoms with E-state index in [2.05, 4.69) is 0 Å². The zero-order valence-electron chi connectivity index (χ0n) is 5.63. The van der Waals surface area contributed by atoms with Crippen LogP contribution in [0.5, 0.6) is 0 Å². The average molecular weight is 205 g/mol. The van der Waals surface area contributed by atoms with E-state index in [-0.39, 0.29) is 0 Å². The summed E-state index contributed by atoms with van der Waals surface area (Å²) in [6.07, 6.45) is 0. The molecule has 1 rings (SSSR count). The van der Waals surface area contributed by atoms with E-state index in [1.165, 1.54) is 5.54 Å². The Kier molecular flexibility index (Phi) is 3.84. The minimum Gasteiger partial charge on any atom is -0.0972 e. The summed E-state index contributed by atoms with van der Waals surface area (Å²) in [5.74, 6) is 0. The molecule has 3 heteroatoms. The molecule has 0 nitrogen and oxygen atoms in total. The molecule has 0 aliphatic heterocycles. The molecule has 0 radical (unpaired) electrons. The van der Waals surface area contributed by atoms with Crippen molar-refractivity contribution in [1.82, 2.24) is 0 Å². The molecule has 0 aromatic heterocycles. The van der Waals surface area contributed by atoms with Crippen molar-refractivity contribution in [1.29, 1.82) is 0 Å². The van der Waals surface area contributed by atoms with Crippen LogP contribution in [0.25, 0.3) is 0 Å². The Hall–Kier alpha value is -0.110. The minimum atomic E-state index is 0.754. The van der Waals surface area contributed by atoms with Gasteiger partial charge >= 0.3 is 0 Å². The van der Waals surface area contributed by atoms with Gasteiger partial charge in [-0.1, -0.05) is 35.0 Å². The molecule has 0 spiro atoms. The normalized spacial score (nSPS) is 10.7. The Morgan fingerprint density at radius 1 is 1.18 bits per heavy atom. The molecule has 0 saturated heterocycles. The summed E-state index contributed by atoms with van der Waals surface area (Å²) in [6.45, 7) is 0. The molecule has 0 bridgehead atoms. The lowest BCUT2D eigenvalue weighted by molar-refractivity contribution is 1.47. The first kappa shape index (κ1) is 8.98. The largest absolute Gasteiger partial charge is 0.0972 e. The predicted octanol–water partition coefficient (Wildman–Crippen LogP) is 4.14. The summed E-state index contributed by atoms with van der Waals surface area (Å²) < 4.78 is 0. The third kappa shape index (κ3) is 3.19. The lowest BCUT2D eigenvalue weighted by Crippen LogP contribution is -1.66. The van der Waals surface area contributed by atoms with Crippen molar-refractivity contribution in [2.45, 2.75) is 4.90 Å². The van der Waals surface area contributed by atoms with Crippen LogP contribution < -0.4 is 0 Å². The number of benzene rings is 1. The van der Waals surface area contributed by atoms with Gasteiger partial charge in [0.05, 0.1) is 0 Å². The highest BCUT2D eigenvalue weighted by Gasteiger charge is 1.89. The first-order valence-corrected chi connectivity index (χ1v) is 4.70. The van der Waals surface area contributed by atoms with Crippen molar-refractivity contribution < 1.29 is 0 Å². The fraction of sp³-hybridized carbons (Fsp3) is 0. The van der Waals surface area contributed by atoms with E-state index in [4.69, 9.17) is 23.2 Å². The van der Waals surface area contributed by atoms with E-state index < -0.39 is 0 Å². The van der Waals surface area contributed by atoms with Crippen LogP contribution >= 0.6 is 35.0 Å². The Balaban J connectivity index is 2.66. The molecule has 0 amide bonds. The van der Waals surface area contributed by atoms with Gasteiger partial charge in [-0.25, -0.2) is 0 Å². The third-order valence-electron chi connectivity index (χ3n) is 1.07. The molecule has 0 N–H and O–H groups in total. The molecule has 11 heavy (non-hydrogen) atoms. The van der Waals surface area contributed by atoms with Crippen LogP contribution in [-0.2, 0) is 0 Å². The molecule has 0 aliphatic carbocycles. The van der Waals surface area contributed by atoms with Crippen molar-refractivity contribution in [2.24, 2.45) is 0 Å². The molecule has 0 atom stereocenters. The maximum atomic E-state index is 5.69. The quantitative estimate of drug-likeness (QED) is 0.653. The Labute approximate surface area is 80.2 Å². The van der Waals surface area contributed by atoms with Crippen LogP contribution in [0.2, 0.25) is 5.02 Å². The van der Waals surface area contributed by atoms with E-state index in [1.54, 1.807) is 11.8 Å². The summed E-state index contributed by atoms with van der Waals surface area (Å²) in [5, 5.41) is 2.56. The number of hydrogen-bond donors (Lipinski definition) is 0. The highest BCUT2D eigenvalue weighted by molar-refractivity contribution is 8.02. The lowest BCUT2D eigenvalue weighted by atomic mass is 10.4. The van der Waals surface area contributed by atoms with Crippen LogP contribution in [-0.4, -0.2) is 0 Å². The number of thioether (sulfide) groups is 1. The summed E-state index contributed by atoms with van der Waals surface area (Å²) in [5.41, 5.74) is 1.49. The SMILES string of the molecule is Cl/C=C/Sc1ccc(Cl)cc1. The third-order valence-corrected chi connectivity index (χ3v) is 2.41. The van der Waals surface area contributed by atoms with Crippen molar-refractivity contribution in [3.63, 3.8) is 0 Å². The van der Waals surface area contributed by atoms with Crippen molar-refractivity contribution in [2.75, 3.05) is 0 Å². The van der Waals surface area contributed by atoms with Gasteiger partial charge in [0.25, 0.3) is 0 Å². The van der Waals surface area contributed by atoms with Gasteiger partial charge in [0, 0.05) is 15.5 Å². The Morgan fingerprint density at radius 2 is 1.82 bits per heavy atom. The summed E-state index contributed by atoms with van der Waals surface area (Å²) in [6, 6.07) is 7.60. The number of halogens is 2. The van der Waals surface area contributed by atoms with E-state index in [0.29, 0.717) is 0 Å². The molecular formula is C8H6Cl2S. The second-order valence-corrected chi connectivity index (χ2v) is 3.50. The van der Waals surface area contributed by atoms with Gasteiger partial charge in [0.2, 0.25) is 0 Å². The minimum absolute atomic E-state index is 0.754. The van der Waals surface area contributed by atoms with Crippen LogP contribution in [0, 0.1) is 0 Å².